The van der Waals surface area contributed by atoms with E-state index >= 15 is 0 Å². The number of ether oxygens (including phenoxy) is 1. The lowest BCUT2D eigenvalue weighted by atomic mass is 10.1. The molecule has 0 unspecified atom stereocenters. The molecule has 5 nitrogen and oxygen atoms in total. The van der Waals surface area contributed by atoms with Crippen molar-refractivity contribution in [2.24, 2.45) is 0 Å². The molecule has 3 rings (SSSR count). The molecule has 3 aromatic rings. The first kappa shape index (κ1) is 16.8. The Morgan fingerprint density at radius 2 is 1.76 bits per heavy atom. The number of esters is 1. The summed E-state index contributed by atoms with van der Waals surface area (Å²) >= 11 is 0. The van der Waals surface area contributed by atoms with Gasteiger partial charge in [0.25, 0.3) is 5.56 Å². The van der Waals surface area contributed by atoms with Crippen LogP contribution in [0.15, 0.2) is 53.3 Å². The molecule has 0 amide bonds. The number of hydrogen-bond acceptors (Lipinski definition) is 4. The number of fused-ring (bicyclic) bond motifs is 1. The molecule has 0 radical (unpaired) electrons. The molecule has 0 aliphatic heterocycles. The Kier molecular flexibility index (Phi) is 4.61. The van der Waals surface area contributed by atoms with Crippen molar-refractivity contribution in [3.63, 3.8) is 0 Å². The fourth-order valence-corrected chi connectivity index (χ4v) is 2.53. The van der Waals surface area contributed by atoms with Crippen LogP contribution in [0.25, 0.3) is 10.8 Å². The van der Waals surface area contributed by atoms with E-state index in [1.54, 1.807) is 56.3 Å². The van der Waals surface area contributed by atoms with Crippen LogP contribution in [-0.4, -0.2) is 15.7 Å². The van der Waals surface area contributed by atoms with E-state index in [0.717, 1.165) is 0 Å². The fourth-order valence-electron chi connectivity index (χ4n) is 2.53. The van der Waals surface area contributed by atoms with Crippen molar-refractivity contribution in [3.8, 4) is 0 Å². The quantitative estimate of drug-likeness (QED) is 0.682. The molecule has 2 aromatic carbocycles. The van der Waals surface area contributed by atoms with Gasteiger partial charge in [-0.05, 0) is 26.0 Å². The summed E-state index contributed by atoms with van der Waals surface area (Å²) in [5.41, 5.74) is 0.0498. The number of aromatic nitrogens is 2. The molecule has 0 spiro atoms. The largest absolute Gasteiger partial charge is 0.456 e. The lowest BCUT2D eigenvalue weighted by Gasteiger charge is -2.13. The summed E-state index contributed by atoms with van der Waals surface area (Å²) in [5, 5.41) is 4.98. The van der Waals surface area contributed by atoms with Crippen LogP contribution in [-0.2, 0) is 11.3 Å². The topological polar surface area (TPSA) is 61.2 Å². The van der Waals surface area contributed by atoms with E-state index < -0.39 is 11.8 Å². The number of carbonyl (C=O) groups is 1. The van der Waals surface area contributed by atoms with E-state index in [1.165, 1.54) is 10.7 Å². The Hall–Kier alpha value is -3.02. The molecule has 1 heterocycles. The van der Waals surface area contributed by atoms with E-state index in [0.29, 0.717) is 10.8 Å². The van der Waals surface area contributed by atoms with E-state index in [-0.39, 0.29) is 29.5 Å². The monoisotopic (exact) mass is 340 g/mol. The van der Waals surface area contributed by atoms with Crippen molar-refractivity contribution in [1.82, 2.24) is 9.78 Å². The zero-order valence-corrected chi connectivity index (χ0v) is 13.9. The predicted molar refractivity (Wildman–Crippen MR) is 91.9 cm³/mol. The van der Waals surface area contributed by atoms with Gasteiger partial charge < -0.3 is 4.74 Å². The lowest BCUT2D eigenvalue weighted by Crippen LogP contribution is -2.27. The Morgan fingerprint density at radius 1 is 1.12 bits per heavy atom. The Balaban J connectivity index is 2.00. The average molecular weight is 340 g/mol. The van der Waals surface area contributed by atoms with Gasteiger partial charge >= 0.3 is 5.97 Å². The number of hydrogen-bond donors (Lipinski definition) is 0. The number of rotatable bonds is 4. The van der Waals surface area contributed by atoms with Crippen molar-refractivity contribution in [3.05, 3.63) is 76.0 Å². The average Bonchev–Trinajstić information content (AvgIpc) is 2.61. The van der Waals surface area contributed by atoms with Crippen molar-refractivity contribution in [2.75, 3.05) is 0 Å². The minimum absolute atomic E-state index is 0.0419. The van der Waals surface area contributed by atoms with Gasteiger partial charge in [-0.25, -0.2) is 13.9 Å². The summed E-state index contributed by atoms with van der Waals surface area (Å²) in [4.78, 5) is 25.0. The molecule has 6 heteroatoms. The van der Waals surface area contributed by atoms with Gasteiger partial charge in [0.15, 0.2) is 5.69 Å². The van der Waals surface area contributed by atoms with Crippen LogP contribution in [0.5, 0.6) is 0 Å². The summed E-state index contributed by atoms with van der Waals surface area (Å²) in [5.74, 6) is -1.14. The minimum atomic E-state index is -0.700. The molecule has 0 saturated carbocycles. The van der Waals surface area contributed by atoms with Gasteiger partial charge in [-0.15, -0.1) is 0 Å². The number of benzene rings is 2. The molecule has 0 bridgehead atoms. The van der Waals surface area contributed by atoms with Gasteiger partial charge in [0.05, 0.1) is 11.4 Å². The Labute approximate surface area is 143 Å². The molecule has 0 aliphatic carbocycles. The van der Waals surface area contributed by atoms with Gasteiger partial charge in [-0.3, -0.25) is 4.79 Å². The molecule has 1 aromatic heterocycles. The van der Waals surface area contributed by atoms with Crippen molar-refractivity contribution in [2.45, 2.75) is 26.5 Å². The maximum Gasteiger partial charge on any atom is 0.359 e. The maximum absolute atomic E-state index is 13.7. The van der Waals surface area contributed by atoms with Gasteiger partial charge in [-0.2, -0.15) is 5.10 Å². The molecule has 0 fully saturated rings. The molecular formula is C19H17FN2O3. The normalized spacial score (nSPS) is 11.0. The standard InChI is InChI=1S/C19H17FN2O3/c1-12(2)22-18(23)15-9-5-4-8-14(15)17(21-22)19(24)25-11-13-7-3-6-10-16(13)20/h3-10,12H,11H2,1-2H3. The lowest BCUT2D eigenvalue weighted by molar-refractivity contribution is 0.0461. The zero-order valence-electron chi connectivity index (χ0n) is 13.9. The van der Waals surface area contributed by atoms with Gasteiger partial charge in [0, 0.05) is 10.9 Å². The molecule has 0 N–H and O–H groups in total. The third kappa shape index (κ3) is 3.28. The number of carbonyl (C=O) groups excluding carboxylic acids is 1. The van der Waals surface area contributed by atoms with Crippen LogP contribution in [0.4, 0.5) is 4.39 Å². The van der Waals surface area contributed by atoms with Gasteiger partial charge in [0.1, 0.15) is 12.4 Å². The van der Waals surface area contributed by atoms with Gasteiger partial charge in [0.2, 0.25) is 0 Å². The summed E-state index contributed by atoms with van der Waals surface area (Å²) in [7, 11) is 0. The van der Waals surface area contributed by atoms with E-state index in [4.69, 9.17) is 4.74 Å². The zero-order chi connectivity index (χ0) is 18.0. The van der Waals surface area contributed by atoms with Crippen molar-refractivity contribution >= 4 is 16.7 Å². The molecule has 128 valence electrons. The fraction of sp³-hybridized carbons (Fsp3) is 0.211. The molecule has 0 saturated heterocycles. The van der Waals surface area contributed by atoms with Gasteiger partial charge in [-0.1, -0.05) is 36.4 Å². The van der Waals surface area contributed by atoms with Crippen LogP contribution in [0.3, 0.4) is 0 Å². The van der Waals surface area contributed by atoms with Crippen LogP contribution in [0, 0.1) is 5.82 Å². The summed E-state index contributed by atoms with van der Waals surface area (Å²) in [6.07, 6.45) is 0. The highest BCUT2D eigenvalue weighted by Crippen LogP contribution is 2.17. The molecule has 25 heavy (non-hydrogen) atoms. The Bertz CT molecular complexity index is 995. The number of nitrogens with zero attached hydrogens (tertiary/aromatic N) is 2. The smallest absolute Gasteiger partial charge is 0.359 e. The van der Waals surface area contributed by atoms with E-state index in [9.17, 15) is 14.0 Å². The highest BCUT2D eigenvalue weighted by molar-refractivity contribution is 6.02. The third-order valence-electron chi connectivity index (χ3n) is 3.83. The van der Waals surface area contributed by atoms with E-state index in [2.05, 4.69) is 5.10 Å². The second-order valence-electron chi connectivity index (χ2n) is 5.91. The SMILES string of the molecule is CC(C)n1nc(C(=O)OCc2ccccc2F)c2ccccc2c1=O. The highest BCUT2D eigenvalue weighted by atomic mass is 19.1. The summed E-state index contributed by atoms with van der Waals surface area (Å²) in [6, 6.07) is 12.6. The summed E-state index contributed by atoms with van der Waals surface area (Å²) in [6.45, 7) is 3.40. The van der Waals surface area contributed by atoms with Crippen LogP contribution in [0.2, 0.25) is 0 Å². The molecule has 0 atom stereocenters. The molecular weight excluding hydrogens is 323 g/mol. The maximum atomic E-state index is 13.7. The number of halogens is 1. The van der Waals surface area contributed by atoms with Crippen LogP contribution >= 0.6 is 0 Å². The highest BCUT2D eigenvalue weighted by Gasteiger charge is 2.19. The molecule has 0 aliphatic rings. The van der Waals surface area contributed by atoms with Crippen LogP contribution in [0.1, 0.15) is 35.9 Å². The van der Waals surface area contributed by atoms with Crippen molar-refractivity contribution in [1.29, 1.82) is 0 Å². The van der Waals surface area contributed by atoms with E-state index in [1.807, 2.05) is 0 Å². The second kappa shape index (κ2) is 6.84. The van der Waals surface area contributed by atoms with Crippen LogP contribution < -0.4 is 5.56 Å². The third-order valence-corrected chi connectivity index (χ3v) is 3.83. The first-order valence-electron chi connectivity index (χ1n) is 7.91. The first-order valence-corrected chi connectivity index (χ1v) is 7.91. The second-order valence-corrected chi connectivity index (χ2v) is 5.91. The predicted octanol–water partition coefficient (Wildman–Crippen LogP) is 3.47. The first-order chi connectivity index (χ1) is 12.0. The minimum Gasteiger partial charge on any atom is -0.456 e. The summed E-state index contributed by atoms with van der Waals surface area (Å²) < 4.78 is 20.1. The Morgan fingerprint density at radius 3 is 2.44 bits per heavy atom. The van der Waals surface area contributed by atoms with Crippen molar-refractivity contribution < 1.29 is 13.9 Å².